The predicted molar refractivity (Wildman–Crippen MR) is 70.8 cm³/mol. The maximum atomic E-state index is 5.30. The second-order valence-corrected chi connectivity index (χ2v) is 4.64. The van der Waals surface area contributed by atoms with E-state index in [1.165, 1.54) is 5.56 Å². The van der Waals surface area contributed by atoms with Crippen molar-refractivity contribution in [1.82, 2.24) is 5.32 Å². The van der Waals surface area contributed by atoms with Gasteiger partial charge < -0.3 is 14.8 Å². The summed E-state index contributed by atoms with van der Waals surface area (Å²) in [4.78, 5) is 0. The van der Waals surface area contributed by atoms with Gasteiger partial charge in [-0.25, -0.2) is 0 Å². The molecule has 0 radical (unpaired) electrons. The number of ether oxygens (including phenoxy) is 2. The Kier molecular flexibility index (Phi) is 5.29. The molecule has 17 heavy (non-hydrogen) atoms. The van der Waals surface area contributed by atoms with Crippen molar-refractivity contribution in [1.29, 1.82) is 0 Å². The lowest BCUT2D eigenvalue weighted by Gasteiger charge is -2.17. The van der Waals surface area contributed by atoms with Gasteiger partial charge >= 0.3 is 0 Å². The van der Waals surface area contributed by atoms with Crippen molar-refractivity contribution in [3.8, 4) is 11.5 Å². The van der Waals surface area contributed by atoms with E-state index < -0.39 is 0 Å². The third-order valence-electron chi connectivity index (χ3n) is 2.74. The monoisotopic (exact) mass is 237 g/mol. The third-order valence-corrected chi connectivity index (χ3v) is 2.74. The first-order valence-corrected chi connectivity index (χ1v) is 6.03. The third kappa shape index (κ3) is 3.93. The molecule has 1 aromatic rings. The zero-order valence-corrected chi connectivity index (χ0v) is 11.4. The molecule has 1 N–H and O–H groups in total. The molecular weight excluding hydrogens is 214 g/mol. The van der Waals surface area contributed by atoms with Crippen LogP contribution in [0.15, 0.2) is 18.2 Å². The smallest absolute Gasteiger partial charge is 0.161 e. The number of benzene rings is 1. The van der Waals surface area contributed by atoms with E-state index in [2.05, 4.69) is 32.2 Å². The fourth-order valence-corrected chi connectivity index (χ4v) is 1.65. The number of hydrogen-bond donors (Lipinski definition) is 1. The fourth-order valence-electron chi connectivity index (χ4n) is 1.65. The van der Waals surface area contributed by atoms with Crippen LogP contribution >= 0.6 is 0 Å². The van der Waals surface area contributed by atoms with Gasteiger partial charge in [0.25, 0.3) is 0 Å². The molecule has 3 heteroatoms. The number of hydrogen-bond acceptors (Lipinski definition) is 3. The molecule has 3 nitrogen and oxygen atoms in total. The highest BCUT2D eigenvalue weighted by molar-refractivity contribution is 5.43. The van der Waals surface area contributed by atoms with E-state index in [0.29, 0.717) is 12.0 Å². The molecule has 0 bridgehead atoms. The van der Waals surface area contributed by atoms with Crippen LogP contribution in [0.25, 0.3) is 0 Å². The molecule has 0 spiro atoms. The summed E-state index contributed by atoms with van der Waals surface area (Å²) in [6, 6.07) is 6.36. The van der Waals surface area contributed by atoms with Gasteiger partial charge in [0.2, 0.25) is 0 Å². The fraction of sp³-hybridized carbons (Fsp3) is 0.571. The lowest BCUT2D eigenvalue weighted by atomic mass is 10.1. The van der Waals surface area contributed by atoms with E-state index in [4.69, 9.17) is 9.47 Å². The van der Waals surface area contributed by atoms with E-state index >= 15 is 0 Å². The SMILES string of the molecule is COc1ccc(C(C)NCC(C)C)cc1OC. The minimum absolute atomic E-state index is 0.317. The summed E-state index contributed by atoms with van der Waals surface area (Å²) in [6.07, 6.45) is 0. The van der Waals surface area contributed by atoms with E-state index in [1.54, 1.807) is 14.2 Å². The van der Waals surface area contributed by atoms with Crippen molar-refractivity contribution in [2.45, 2.75) is 26.8 Å². The Morgan fingerprint density at radius 2 is 1.71 bits per heavy atom. The summed E-state index contributed by atoms with van der Waals surface area (Å²) in [5, 5.41) is 3.49. The first-order chi connectivity index (χ1) is 8.08. The molecule has 96 valence electrons. The van der Waals surface area contributed by atoms with E-state index in [0.717, 1.165) is 18.0 Å². The van der Waals surface area contributed by atoms with Gasteiger partial charge in [0.05, 0.1) is 14.2 Å². The van der Waals surface area contributed by atoms with Gasteiger partial charge in [-0.15, -0.1) is 0 Å². The normalized spacial score (nSPS) is 12.6. The average molecular weight is 237 g/mol. The minimum Gasteiger partial charge on any atom is -0.493 e. The maximum Gasteiger partial charge on any atom is 0.161 e. The molecule has 0 saturated carbocycles. The van der Waals surface area contributed by atoms with Gasteiger partial charge in [-0.1, -0.05) is 19.9 Å². The Balaban J connectivity index is 2.77. The van der Waals surface area contributed by atoms with E-state index in [1.807, 2.05) is 12.1 Å². The molecule has 1 atom stereocenters. The summed E-state index contributed by atoms with van der Waals surface area (Å²) in [5.74, 6) is 2.20. The molecule has 0 fully saturated rings. The molecule has 1 rings (SSSR count). The molecule has 0 amide bonds. The van der Waals surface area contributed by atoms with Crippen molar-refractivity contribution in [3.05, 3.63) is 23.8 Å². The summed E-state index contributed by atoms with van der Waals surface area (Å²) < 4.78 is 10.5. The van der Waals surface area contributed by atoms with Gasteiger partial charge in [-0.3, -0.25) is 0 Å². The molecule has 1 unspecified atom stereocenters. The standard InChI is InChI=1S/C14H23NO2/c1-10(2)9-15-11(3)12-6-7-13(16-4)14(8-12)17-5/h6-8,10-11,15H,9H2,1-5H3. The highest BCUT2D eigenvalue weighted by atomic mass is 16.5. The lowest BCUT2D eigenvalue weighted by molar-refractivity contribution is 0.354. The first kappa shape index (κ1) is 13.8. The van der Waals surface area contributed by atoms with Crippen LogP contribution in [0.3, 0.4) is 0 Å². The molecule has 0 aliphatic carbocycles. The van der Waals surface area contributed by atoms with Crippen LogP contribution in [0, 0.1) is 5.92 Å². The number of nitrogens with one attached hydrogen (secondary N) is 1. The predicted octanol–water partition coefficient (Wildman–Crippen LogP) is 3.01. The lowest BCUT2D eigenvalue weighted by Crippen LogP contribution is -2.23. The molecule has 0 saturated heterocycles. The summed E-state index contributed by atoms with van der Waals surface area (Å²) in [7, 11) is 3.31. The molecule has 0 aliphatic rings. The van der Waals surface area contributed by atoms with Crippen LogP contribution in [0.5, 0.6) is 11.5 Å². The van der Waals surface area contributed by atoms with E-state index in [9.17, 15) is 0 Å². The quantitative estimate of drug-likeness (QED) is 0.825. The Morgan fingerprint density at radius 1 is 1.06 bits per heavy atom. The largest absolute Gasteiger partial charge is 0.493 e. The van der Waals surface area contributed by atoms with Crippen LogP contribution in [0.4, 0.5) is 0 Å². The second kappa shape index (κ2) is 6.50. The first-order valence-electron chi connectivity index (χ1n) is 6.03. The highest BCUT2D eigenvalue weighted by Crippen LogP contribution is 2.29. The van der Waals surface area contributed by atoms with Crippen LogP contribution in [-0.4, -0.2) is 20.8 Å². The zero-order valence-electron chi connectivity index (χ0n) is 11.4. The Morgan fingerprint density at radius 3 is 2.24 bits per heavy atom. The highest BCUT2D eigenvalue weighted by Gasteiger charge is 2.09. The molecular formula is C14H23NO2. The topological polar surface area (TPSA) is 30.5 Å². The van der Waals surface area contributed by atoms with Crippen molar-refractivity contribution < 1.29 is 9.47 Å². The Hall–Kier alpha value is -1.22. The van der Waals surface area contributed by atoms with Crippen molar-refractivity contribution in [3.63, 3.8) is 0 Å². The van der Waals surface area contributed by atoms with Gasteiger partial charge in [-0.2, -0.15) is 0 Å². The zero-order chi connectivity index (χ0) is 12.8. The summed E-state index contributed by atoms with van der Waals surface area (Å²) >= 11 is 0. The van der Waals surface area contributed by atoms with Gasteiger partial charge in [0.15, 0.2) is 11.5 Å². The summed E-state index contributed by atoms with van der Waals surface area (Å²) in [5.41, 5.74) is 1.21. The number of methoxy groups -OCH3 is 2. The van der Waals surface area contributed by atoms with Gasteiger partial charge in [-0.05, 0) is 37.1 Å². The van der Waals surface area contributed by atoms with Crippen LogP contribution in [-0.2, 0) is 0 Å². The van der Waals surface area contributed by atoms with Crippen molar-refractivity contribution >= 4 is 0 Å². The van der Waals surface area contributed by atoms with Crippen LogP contribution in [0.2, 0.25) is 0 Å². The average Bonchev–Trinajstić information content (AvgIpc) is 2.34. The van der Waals surface area contributed by atoms with Crippen molar-refractivity contribution in [2.75, 3.05) is 20.8 Å². The van der Waals surface area contributed by atoms with Crippen LogP contribution < -0.4 is 14.8 Å². The second-order valence-electron chi connectivity index (χ2n) is 4.64. The minimum atomic E-state index is 0.317. The Labute approximate surface area is 104 Å². The van der Waals surface area contributed by atoms with Crippen LogP contribution in [0.1, 0.15) is 32.4 Å². The maximum absolute atomic E-state index is 5.30. The molecule has 0 aromatic heterocycles. The molecule has 0 aliphatic heterocycles. The van der Waals surface area contributed by atoms with E-state index in [-0.39, 0.29) is 0 Å². The van der Waals surface area contributed by atoms with Crippen molar-refractivity contribution in [2.24, 2.45) is 5.92 Å². The summed E-state index contributed by atoms with van der Waals surface area (Å²) in [6.45, 7) is 7.57. The molecule has 0 heterocycles. The van der Waals surface area contributed by atoms with Gasteiger partial charge in [0.1, 0.15) is 0 Å². The van der Waals surface area contributed by atoms with Gasteiger partial charge in [0, 0.05) is 6.04 Å². The molecule has 1 aromatic carbocycles. The Bertz CT molecular complexity index is 350. The number of rotatable bonds is 6.